The number of rotatable bonds is 7. The summed E-state index contributed by atoms with van der Waals surface area (Å²) in [5, 5.41) is 3.52. The van der Waals surface area contributed by atoms with Crippen LogP contribution in [0, 0.1) is 5.41 Å². The van der Waals surface area contributed by atoms with E-state index in [4.69, 9.17) is 4.74 Å². The number of nitrogens with one attached hydrogen (secondary N) is 1. The highest BCUT2D eigenvalue weighted by atomic mass is 79.9. The average molecular weight is 329 g/mol. The minimum absolute atomic E-state index is 0.253. The van der Waals surface area contributed by atoms with Gasteiger partial charge in [-0.25, -0.2) is 0 Å². The van der Waals surface area contributed by atoms with E-state index in [2.05, 4.69) is 60.2 Å². The molecule has 0 saturated heterocycles. The standard InChI is InChI=1S/C15H25BrN2O/c1-15(2,11-18(3)4)10-17-9-12-8-13(16)6-7-14(12)19-5/h6-8,17H,9-11H2,1-5H3. The van der Waals surface area contributed by atoms with Gasteiger partial charge in [-0.15, -0.1) is 0 Å². The molecule has 0 amide bonds. The summed E-state index contributed by atoms with van der Waals surface area (Å²) in [4.78, 5) is 2.22. The lowest BCUT2D eigenvalue weighted by Gasteiger charge is -2.28. The molecule has 1 N–H and O–H groups in total. The number of hydrogen-bond acceptors (Lipinski definition) is 3. The molecule has 1 aromatic rings. The second kappa shape index (κ2) is 7.27. The van der Waals surface area contributed by atoms with Crippen molar-refractivity contribution in [3.05, 3.63) is 28.2 Å². The van der Waals surface area contributed by atoms with Crippen molar-refractivity contribution in [3.8, 4) is 5.75 Å². The van der Waals surface area contributed by atoms with E-state index in [1.54, 1.807) is 7.11 Å². The van der Waals surface area contributed by atoms with Crippen molar-refractivity contribution in [1.29, 1.82) is 0 Å². The Labute approximate surface area is 125 Å². The van der Waals surface area contributed by atoms with Crippen LogP contribution in [0.1, 0.15) is 19.4 Å². The summed E-state index contributed by atoms with van der Waals surface area (Å²) in [6, 6.07) is 6.09. The molecule has 1 aromatic carbocycles. The van der Waals surface area contributed by atoms with Gasteiger partial charge in [-0.05, 0) is 37.7 Å². The van der Waals surface area contributed by atoms with Gasteiger partial charge in [0.05, 0.1) is 7.11 Å². The minimum atomic E-state index is 0.253. The van der Waals surface area contributed by atoms with Crippen LogP contribution < -0.4 is 10.1 Å². The molecule has 19 heavy (non-hydrogen) atoms. The van der Waals surface area contributed by atoms with E-state index in [-0.39, 0.29) is 5.41 Å². The van der Waals surface area contributed by atoms with Gasteiger partial charge in [0.1, 0.15) is 5.75 Å². The quantitative estimate of drug-likeness (QED) is 0.832. The molecule has 0 radical (unpaired) electrons. The van der Waals surface area contributed by atoms with Gasteiger partial charge in [-0.3, -0.25) is 0 Å². The van der Waals surface area contributed by atoms with Gasteiger partial charge >= 0.3 is 0 Å². The Morgan fingerprint density at radius 2 is 2.00 bits per heavy atom. The van der Waals surface area contributed by atoms with Crippen LogP contribution in [-0.4, -0.2) is 39.2 Å². The molecule has 0 saturated carbocycles. The van der Waals surface area contributed by atoms with Crippen molar-refractivity contribution in [2.75, 3.05) is 34.3 Å². The molecule has 0 fully saturated rings. The van der Waals surface area contributed by atoms with Crippen LogP contribution in [-0.2, 0) is 6.54 Å². The summed E-state index contributed by atoms with van der Waals surface area (Å²) in [6.07, 6.45) is 0. The maximum atomic E-state index is 5.38. The number of methoxy groups -OCH3 is 1. The third-order valence-electron chi connectivity index (χ3n) is 2.91. The van der Waals surface area contributed by atoms with Crippen molar-refractivity contribution in [2.45, 2.75) is 20.4 Å². The predicted molar refractivity (Wildman–Crippen MR) is 84.7 cm³/mol. The number of nitrogens with zero attached hydrogens (tertiary/aromatic N) is 1. The lowest BCUT2D eigenvalue weighted by Crippen LogP contribution is -2.37. The molecule has 0 aromatic heterocycles. The summed E-state index contributed by atoms with van der Waals surface area (Å²) >= 11 is 3.50. The second-order valence-corrected chi connectivity index (χ2v) is 6.88. The molecular formula is C15H25BrN2O. The van der Waals surface area contributed by atoms with Gasteiger partial charge in [0.15, 0.2) is 0 Å². The molecule has 0 unspecified atom stereocenters. The molecule has 108 valence electrons. The summed E-state index contributed by atoms with van der Waals surface area (Å²) in [6.45, 7) is 7.41. The molecule has 0 aliphatic heterocycles. The third-order valence-corrected chi connectivity index (χ3v) is 3.40. The summed E-state index contributed by atoms with van der Waals surface area (Å²) in [7, 11) is 5.93. The highest BCUT2D eigenvalue weighted by molar-refractivity contribution is 9.10. The first-order valence-corrected chi connectivity index (χ1v) is 7.31. The Bertz CT molecular complexity index is 405. The Morgan fingerprint density at radius 1 is 1.32 bits per heavy atom. The molecular weight excluding hydrogens is 304 g/mol. The fraction of sp³-hybridized carbons (Fsp3) is 0.600. The number of benzene rings is 1. The Balaban J connectivity index is 2.55. The molecule has 0 aliphatic rings. The summed E-state index contributed by atoms with van der Waals surface area (Å²) in [5.41, 5.74) is 1.43. The summed E-state index contributed by atoms with van der Waals surface area (Å²) in [5.74, 6) is 0.932. The average Bonchev–Trinajstić information content (AvgIpc) is 2.27. The number of hydrogen-bond donors (Lipinski definition) is 1. The SMILES string of the molecule is COc1ccc(Br)cc1CNCC(C)(C)CN(C)C. The van der Waals surface area contributed by atoms with Gasteiger partial charge < -0.3 is 15.0 Å². The first kappa shape index (κ1) is 16.5. The maximum Gasteiger partial charge on any atom is 0.123 e. The first-order chi connectivity index (χ1) is 8.84. The van der Waals surface area contributed by atoms with Crippen LogP contribution in [0.2, 0.25) is 0 Å². The van der Waals surface area contributed by atoms with Crippen molar-refractivity contribution >= 4 is 15.9 Å². The van der Waals surface area contributed by atoms with Crippen molar-refractivity contribution in [3.63, 3.8) is 0 Å². The monoisotopic (exact) mass is 328 g/mol. The zero-order chi connectivity index (χ0) is 14.5. The lowest BCUT2D eigenvalue weighted by atomic mass is 9.93. The minimum Gasteiger partial charge on any atom is -0.496 e. The van der Waals surface area contributed by atoms with Crippen LogP contribution in [0.4, 0.5) is 0 Å². The maximum absolute atomic E-state index is 5.38. The van der Waals surface area contributed by atoms with E-state index < -0.39 is 0 Å². The van der Waals surface area contributed by atoms with E-state index in [0.29, 0.717) is 0 Å². The predicted octanol–water partition coefficient (Wildman–Crippen LogP) is 3.14. The smallest absolute Gasteiger partial charge is 0.123 e. The van der Waals surface area contributed by atoms with Gasteiger partial charge in [-0.1, -0.05) is 29.8 Å². The van der Waals surface area contributed by atoms with Crippen LogP contribution in [0.15, 0.2) is 22.7 Å². The number of halogens is 1. The highest BCUT2D eigenvalue weighted by Crippen LogP contribution is 2.23. The molecule has 0 atom stereocenters. The van der Waals surface area contributed by atoms with Crippen LogP contribution >= 0.6 is 15.9 Å². The molecule has 0 spiro atoms. The molecule has 0 aliphatic carbocycles. The van der Waals surface area contributed by atoms with Crippen molar-refractivity contribution < 1.29 is 4.74 Å². The Morgan fingerprint density at radius 3 is 2.58 bits per heavy atom. The summed E-state index contributed by atoms with van der Waals surface area (Å²) < 4.78 is 6.46. The normalized spacial score (nSPS) is 11.9. The van der Waals surface area contributed by atoms with Gasteiger partial charge in [-0.2, -0.15) is 0 Å². The molecule has 3 nitrogen and oxygen atoms in total. The zero-order valence-corrected chi connectivity index (χ0v) is 14.2. The topological polar surface area (TPSA) is 24.5 Å². The largest absolute Gasteiger partial charge is 0.496 e. The molecule has 0 bridgehead atoms. The zero-order valence-electron chi connectivity index (χ0n) is 12.6. The van der Waals surface area contributed by atoms with Gasteiger partial charge in [0.25, 0.3) is 0 Å². The van der Waals surface area contributed by atoms with Gasteiger partial charge in [0.2, 0.25) is 0 Å². The Hall–Kier alpha value is -0.580. The molecule has 0 heterocycles. The van der Waals surface area contributed by atoms with Gasteiger partial charge in [0, 0.05) is 29.7 Å². The fourth-order valence-electron chi connectivity index (χ4n) is 2.33. The number of ether oxygens (including phenoxy) is 1. The third kappa shape index (κ3) is 5.93. The van der Waals surface area contributed by atoms with Crippen LogP contribution in [0.5, 0.6) is 5.75 Å². The van der Waals surface area contributed by atoms with Crippen molar-refractivity contribution in [2.24, 2.45) is 5.41 Å². The first-order valence-electron chi connectivity index (χ1n) is 6.52. The van der Waals surface area contributed by atoms with E-state index >= 15 is 0 Å². The van der Waals surface area contributed by atoms with E-state index in [1.807, 2.05) is 12.1 Å². The fourth-order valence-corrected chi connectivity index (χ4v) is 2.74. The Kier molecular flexibility index (Phi) is 6.30. The van der Waals surface area contributed by atoms with Crippen LogP contribution in [0.25, 0.3) is 0 Å². The van der Waals surface area contributed by atoms with E-state index in [0.717, 1.165) is 29.9 Å². The lowest BCUT2D eigenvalue weighted by molar-refractivity contribution is 0.232. The van der Waals surface area contributed by atoms with E-state index in [1.165, 1.54) is 5.56 Å². The second-order valence-electron chi connectivity index (χ2n) is 5.96. The molecule has 1 rings (SSSR count). The molecule has 4 heteroatoms. The van der Waals surface area contributed by atoms with E-state index in [9.17, 15) is 0 Å². The van der Waals surface area contributed by atoms with Crippen molar-refractivity contribution in [1.82, 2.24) is 10.2 Å². The highest BCUT2D eigenvalue weighted by Gasteiger charge is 2.18. The van der Waals surface area contributed by atoms with Crippen LogP contribution in [0.3, 0.4) is 0 Å².